The molecule has 1 saturated heterocycles. The molecule has 0 bridgehead atoms. The molecule has 1 aliphatic rings. The maximum absolute atomic E-state index is 14.1. The van der Waals surface area contributed by atoms with Gasteiger partial charge >= 0.3 is 6.18 Å². The summed E-state index contributed by atoms with van der Waals surface area (Å²) in [6, 6.07) is 6.31. The van der Waals surface area contributed by atoms with Crippen molar-refractivity contribution < 1.29 is 17.6 Å². The molecule has 3 aromatic heterocycles. The van der Waals surface area contributed by atoms with Crippen molar-refractivity contribution in [1.82, 2.24) is 24.6 Å². The number of nitrogen functional groups attached to an aromatic ring is 1. The van der Waals surface area contributed by atoms with E-state index >= 15 is 0 Å². The van der Waals surface area contributed by atoms with Crippen molar-refractivity contribution in [1.29, 1.82) is 0 Å². The largest absolute Gasteiger partial charge is 0.401 e. The van der Waals surface area contributed by atoms with Crippen molar-refractivity contribution in [3.8, 4) is 22.4 Å². The van der Waals surface area contributed by atoms with Crippen LogP contribution in [0.3, 0.4) is 0 Å². The SMILES string of the molecule is Nc1ncc(-c2cnn(C3CCN(CC(F)(F)F)CC3)c2)cc1-c1cc2c(Cl)ccc(F)c2cn1. The molecule has 1 fully saturated rings. The van der Waals surface area contributed by atoms with Crippen LogP contribution in [0.2, 0.25) is 5.02 Å². The third-order valence-electron chi connectivity index (χ3n) is 6.26. The molecule has 6 nitrogen and oxygen atoms in total. The van der Waals surface area contributed by atoms with E-state index in [0.29, 0.717) is 53.0 Å². The van der Waals surface area contributed by atoms with Crippen LogP contribution in [0.25, 0.3) is 33.2 Å². The number of likely N-dealkylation sites (tertiary alicyclic amines) is 1. The Kier molecular flexibility index (Phi) is 6.10. The lowest BCUT2D eigenvalue weighted by molar-refractivity contribution is -0.148. The molecule has 182 valence electrons. The highest BCUT2D eigenvalue weighted by atomic mass is 35.5. The van der Waals surface area contributed by atoms with Crippen LogP contribution < -0.4 is 5.73 Å². The van der Waals surface area contributed by atoms with Crippen molar-refractivity contribution in [2.45, 2.75) is 25.1 Å². The smallest absolute Gasteiger partial charge is 0.383 e. The molecule has 0 atom stereocenters. The second kappa shape index (κ2) is 9.09. The number of anilines is 1. The predicted octanol–water partition coefficient (Wildman–Crippen LogP) is 5.73. The highest BCUT2D eigenvalue weighted by molar-refractivity contribution is 6.35. The minimum absolute atomic E-state index is 0.0219. The standard InChI is InChI=1S/C24H21ClF4N6/c25-20-1-2-21(26)19-11-31-22(8-17(19)20)18-7-14(9-32-23(18)30)15-10-33-35(12-15)16-3-5-34(6-4-16)13-24(27,28)29/h1-2,7-12,16H,3-6,13H2,(H2,30,32). The van der Waals surface area contributed by atoms with E-state index < -0.39 is 18.5 Å². The Morgan fingerprint density at radius 3 is 2.51 bits per heavy atom. The van der Waals surface area contributed by atoms with Gasteiger partial charge in [-0.3, -0.25) is 14.6 Å². The zero-order valence-electron chi connectivity index (χ0n) is 18.4. The molecule has 0 spiro atoms. The lowest BCUT2D eigenvalue weighted by atomic mass is 10.0. The molecule has 1 aromatic carbocycles. The third kappa shape index (κ3) is 4.94. The molecule has 11 heteroatoms. The Morgan fingerprint density at radius 1 is 1.00 bits per heavy atom. The second-order valence-electron chi connectivity index (χ2n) is 8.63. The Morgan fingerprint density at radius 2 is 1.77 bits per heavy atom. The van der Waals surface area contributed by atoms with Gasteiger partial charge in [0.2, 0.25) is 0 Å². The number of pyridine rings is 2. The fourth-order valence-electron chi connectivity index (χ4n) is 4.44. The molecule has 5 rings (SSSR count). The number of nitrogens with zero attached hydrogens (tertiary/aromatic N) is 5. The van der Waals surface area contributed by atoms with Crippen LogP contribution in [0.4, 0.5) is 23.4 Å². The van der Waals surface area contributed by atoms with Crippen molar-refractivity contribution in [2.75, 3.05) is 25.4 Å². The van der Waals surface area contributed by atoms with Crippen molar-refractivity contribution in [3.63, 3.8) is 0 Å². The van der Waals surface area contributed by atoms with Gasteiger partial charge in [-0.2, -0.15) is 18.3 Å². The quantitative estimate of drug-likeness (QED) is 0.359. The van der Waals surface area contributed by atoms with Crippen LogP contribution >= 0.6 is 11.6 Å². The van der Waals surface area contributed by atoms with Gasteiger partial charge in [-0.25, -0.2) is 9.37 Å². The summed E-state index contributed by atoms with van der Waals surface area (Å²) in [6.07, 6.45) is 3.58. The van der Waals surface area contributed by atoms with Gasteiger partial charge in [0.05, 0.1) is 24.5 Å². The number of aromatic nitrogens is 4. The molecular weight excluding hydrogens is 484 g/mol. The summed E-state index contributed by atoms with van der Waals surface area (Å²) >= 11 is 6.26. The first-order chi connectivity index (χ1) is 16.7. The lowest BCUT2D eigenvalue weighted by Crippen LogP contribution is -2.40. The topological polar surface area (TPSA) is 72.9 Å². The number of hydrogen-bond donors (Lipinski definition) is 1. The van der Waals surface area contributed by atoms with Crippen LogP contribution in [-0.4, -0.2) is 50.5 Å². The summed E-state index contributed by atoms with van der Waals surface area (Å²) in [5.74, 6) is -0.155. The summed E-state index contributed by atoms with van der Waals surface area (Å²) in [7, 11) is 0. The monoisotopic (exact) mass is 504 g/mol. The maximum Gasteiger partial charge on any atom is 0.401 e. The fraction of sp³-hybridized carbons (Fsp3) is 0.292. The number of alkyl halides is 3. The lowest BCUT2D eigenvalue weighted by Gasteiger charge is -2.32. The number of piperidine rings is 1. The molecular formula is C24H21ClF4N6. The van der Waals surface area contributed by atoms with Crippen LogP contribution in [-0.2, 0) is 0 Å². The van der Waals surface area contributed by atoms with E-state index in [1.165, 1.54) is 23.2 Å². The van der Waals surface area contributed by atoms with Gasteiger partial charge in [-0.05, 0) is 37.1 Å². The summed E-state index contributed by atoms with van der Waals surface area (Å²) < 4.78 is 53.9. The molecule has 35 heavy (non-hydrogen) atoms. The van der Waals surface area contributed by atoms with Crippen molar-refractivity contribution >= 4 is 28.2 Å². The fourth-order valence-corrected chi connectivity index (χ4v) is 4.66. The zero-order chi connectivity index (χ0) is 24.7. The molecule has 0 aliphatic carbocycles. The summed E-state index contributed by atoms with van der Waals surface area (Å²) in [4.78, 5) is 10.1. The molecule has 0 saturated carbocycles. The van der Waals surface area contributed by atoms with Crippen LogP contribution in [0.5, 0.6) is 0 Å². The highest BCUT2D eigenvalue weighted by Gasteiger charge is 2.33. The van der Waals surface area contributed by atoms with Gasteiger partial charge in [0, 0.05) is 64.2 Å². The maximum atomic E-state index is 14.1. The highest BCUT2D eigenvalue weighted by Crippen LogP contribution is 2.33. The minimum atomic E-state index is -4.19. The van der Waals surface area contributed by atoms with Crippen LogP contribution in [0.15, 0.2) is 49.1 Å². The van der Waals surface area contributed by atoms with E-state index in [1.807, 2.05) is 12.3 Å². The van der Waals surface area contributed by atoms with E-state index in [1.54, 1.807) is 23.1 Å². The van der Waals surface area contributed by atoms with Crippen molar-refractivity contribution in [3.05, 3.63) is 59.9 Å². The Bertz CT molecular complexity index is 1380. The summed E-state index contributed by atoms with van der Waals surface area (Å²) in [5.41, 5.74) is 8.74. The predicted molar refractivity (Wildman–Crippen MR) is 126 cm³/mol. The van der Waals surface area contributed by atoms with Crippen LogP contribution in [0.1, 0.15) is 18.9 Å². The average molecular weight is 505 g/mol. The number of halogens is 5. The minimum Gasteiger partial charge on any atom is -0.383 e. The summed E-state index contributed by atoms with van der Waals surface area (Å²) in [6.45, 7) is -0.155. The average Bonchev–Trinajstić information content (AvgIpc) is 3.31. The molecule has 0 radical (unpaired) electrons. The van der Waals surface area contributed by atoms with Gasteiger partial charge in [0.25, 0.3) is 0 Å². The molecule has 0 amide bonds. The van der Waals surface area contributed by atoms with Gasteiger partial charge in [-0.1, -0.05) is 11.6 Å². The Balaban J connectivity index is 1.39. The van der Waals surface area contributed by atoms with E-state index in [-0.39, 0.29) is 11.9 Å². The van der Waals surface area contributed by atoms with Gasteiger partial charge < -0.3 is 5.73 Å². The second-order valence-corrected chi connectivity index (χ2v) is 9.04. The zero-order valence-corrected chi connectivity index (χ0v) is 19.2. The first-order valence-corrected chi connectivity index (χ1v) is 11.4. The molecule has 0 unspecified atom stereocenters. The van der Waals surface area contributed by atoms with Gasteiger partial charge in [-0.15, -0.1) is 0 Å². The molecule has 1 aliphatic heterocycles. The number of benzene rings is 1. The van der Waals surface area contributed by atoms with E-state index in [2.05, 4.69) is 15.1 Å². The van der Waals surface area contributed by atoms with Gasteiger partial charge in [0.15, 0.2) is 0 Å². The normalized spacial score (nSPS) is 15.7. The molecule has 4 aromatic rings. The number of fused-ring (bicyclic) bond motifs is 1. The van der Waals surface area contributed by atoms with Crippen molar-refractivity contribution in [2.24, 2.45) is 0 Å². The first kappa shape index (κ1) is 23.5. The number of nitrogens with two attached hydrogens (primary N) is 1. The Hall–Kier alpha value is -3.24. The van der Waals surface area contributed by atoms with E-state index in [4.69, 9.17) is 17.3 Å². The summed E-state index contributed by atoms with van der Waals surface area (Å²) in [5, 5.41) is 5.67. The van der Waals surface area contributed by atoms with Crippen LogP contribution in [0, 0.1) is 5.82 Å². The number of rotatable bonds is 4. The molecule has 2 N–H and O–H groups in total. The van der Waals surface area contributed by atoms with E-state index in [9.17, 15) is 17.6 Å². The van der Waals surface area contributed by atoms with Gasteiger partial charge in [0.1, 0.15) is 11.6 Å². The van der Waals surface area contributed by atoms with E-state index in [0.717, 1.165) is 11.1 Å². The third-order valence-corrected chi connectivity index (χ3v) is 6.59. The molecule has 4 heterocycles. The Labute approximate surface area is 203 Å². The first-order valence-electron chi connectivity index (χ1n) is 11.0. The number of hydrogen-bond acceptors (Lipinski definition) is 5.